The van der Waals surface area contributed by atoms with Gasteiger partial charge in [0.1, 0.15) is 0 Å². The molecule has 0 aromatic heterocycles. The Bertz CT molecular complexity index is 474. The Morgan fingerprint density at radius 1 is 1.33 bits per heavy atom. The molecule has 0 bridgehead atoms. The van der Waals surface area contributed by atoms with E-state index in [2.05, 4.69) is 0 Å². The maximum absolute atomic E-state index is 13.5. The topological polar surface area (TPSA) is 26.3 Å². The summed E-state index contributed by atoms with van der Waals surface area (Å²) in [6, 6.07) is 1.75. The van der Waals surface area contributed by atoms with Crippen molar-refractivity contribution < 1.29 is 22.7 Å². The lowest BCUT2D eigenvalue weighted by Crippen LogP contribution is -2.25. The molecule has 0 aliphatic carbocycles. The third-order valence-corrected chi connectivity index (χ3v) is 3.25. The van der Waals surface area contributed by atoms with Gasteiger partial charge in [-0.2, -0.15) is 0 Å². The summed E-state index contributed by atoms with van der Waals surface area (Å²) >= 11 is 0. The minimum Gasteiger partial charge on any atom is -0.377 e. The van der Waals surface area contributed by atoms with Crippen LogP contribution in [0.3, 0.4) is 0 Å². The van der Waals surface area contributed by atoms with Crippen molar-refractivity contribution in [3.8, 4) is 0 Å². The van der Waals surface area contributed by atoms with Gasteiger partial charge < -0.3 is 4.74 Å². The van der Waals surface area contributed by atoms with Crippen molar-refractivity contribution >= 4 is 5.78 Å². The molecule has 2 unspecified atom stereocenters. The van der Waals surface area contributed by atoms with Crippen LogP contribution in [0, 0.1) is 23.4 Å². The van der Waals surface area contributed by atoms with Gasteiger partial charge in [0, 0.05) is 6.61 Å². The maximum Gasteiger partial charge on any atom is 0.195 e. The summed E-state index contributed by atoms with van der Waals surface area (Å²) in [5.74, 6) is -5.31. The van der Waals surface area contributed by atoms with Crippen molar-refractivity contribution in [3.63, 3.8) is 0 Å². The highest BCUT2D eigenvalue weighted by Gasteiger charge is 2.35. The van der Waals surface area contributed by atoms with Crippen molar-refractivity contribution in [1.82, 2.24) is 0 Å². The summed E-state index contributed by atoms with van der Waals surface area (Å²) in [4.78, 5) is 12.1. The second-order valence-corrected chi connectivity index (χ2v) is 4.30. The van der Waals surface area contributed by atoms with E-state index in [1.807, 2.05) is 6.92 Å². The molecule has 1 saturated heterocycles. The van der Waals surface area contributed by atoms with Gasteiger partial charge in [-0.1, -0.05) is 6.92 Å². The van der Waals surface area contributed by atoms with Crippen molar-refractivity contribution in [2.24, 2.45) is 5.92 Å². The first kappa shape index (κ1) is 13.1. The van der Waals surface area contributed by atoms with Gasteiger partial charge >= 0.3 is 0 Å². The van der Waals surface area contributed by atoms with Gasteiger partial charge in [0.05, 0.1) is 17.6 Å². The zero-order valence-electron chi connectivity index (χ0n) is 9.88. The molecule has 0 N–H and O–H groups in total. The summed E-state index contributed by atoms with van der Waals surface area (Å²) in [6.07, 6.45) is 0.835. The van der Waals surface area contributed by atoms with Crippen molar-refractivity contribution in [2.75, 3.05) is 6.61 Å². The lowest BCUT2D eigenvalue weighted by atomic mass is 9.90. The summed E-state index contributed by atoms with van der Waals surface area (Å²) in [5, 5.41) is 0. The fraction of sp³-hybridized carbons (Fsp3) is 0.462. The first-order valence-corrected chi connectivity index (χ1v) is 5.85. The van der Waals surface area contributed by atoms with Gasteiger partial charge in [0.25, 0.3) is 0 Å². The minimum absolute atomic E-state index is 0.273. The van der Waals surface area contributed by atoms with E-state index in [0.717, 1.165) is 12.1 Å². The fourth-order valence-electron chi connectivity index (χ4n) is 2.27. The number of rotatable bonds is 3. The van der Waals surface area contributed by atoms with Crippen molar-refractivity contribution in [1.29, 1.82) is 0 Å². The summed E-state index contributed by atoms with van der Waals surface area (Å²) in [7, 11) is 0. The van der Waals surface area contributed by atoms with Gasteiger partial charge in [0.15, 0.2) is 23.2 Å². The SMILES string of the molecule is CCC1OCCC1C(=O)c1ccc(F)c(F)c1F. The number of ether oxygens (including phenoxy) is 1. The molecule has 0 spiro atoms. The number of halogens is 3. The number of ketones is 1. The highest BCUT2D eigenvalue weighted by molar-refractivity contribution is 5.98. The normalized spacial score (nSPS) is 23.3. The van der Waals surface area contributed by atoms with Gasteiger partial charge in [-0.3, -0.25) is 4.79 Å². The molecule has 0 saturated carbocycles. The fourth-order valence-corrected chi connectivity index (χ4v) is 2.27. The molecule has 98 valence electrons. The Balaban J connectivity index is 2.32. The van der Waals surface area contributed by atoms with E-state index in [1.165, 1.54) is 0 Å². The third-order valence-electron chi connectivity index (χ3n) is 3.25. The van der Waals surface area contributed by atoms with Gasteiger partial charge in [-0.05, 0) is 25.0 Å². The standard InChI is InChI=1S/C13H13F3O2/c1-2-10-7(5-6-18-10)13(17)8-3-4-9(14)12(16)11(8)15/h3-4,7,10H,2,5-6H2,1H3. The number of carbonyl (C=O) groups excluding carboxylic acids is 1. The molecule has 2 nitrogen and oxygen atoms in total. The second kappa shape index (κ2) is 5.10. The molecule has 1 aliphatic heterocycles. The van der Waals surface area contributed by atoms with E-state index in [1.54, 1.807) is 0 Å². The molecule has 0 radical (unpaired) electrons. The van der Waals surface area contributed by atoms with Crippen LogP contribution >= 0.6 is 0 Å². The first-order valence-electron chi connectivity index (χ1n) is 5.85. The predicted molar refractivity (Wildman–Crippen MR) is 58.8 cm³/mol. The van der Waals surface area contributed by atoms with Crippen molar-refractivity contribution in [3.05, 3.63) is 35.1 Å². The van der Waals surface area contributed by atoms with Gasteiger partial charge in [0.2, 0.25) is 0 Å². The number of hydrogen-bond acceptors (Lipinski definition) is 2. The number of benzene rings is 1. The average molecular weight is 258 g/mol. The van der Waals surface area contributed by atoms with E-state index in [-0.39, 0.29) is 6.10 Å². The lowest BCUT2D eigenvalue weighted by Gasteiger charge is -2.16. The Hall–Kier alpha value is -1.36. The molecule has 1 fully saturated rings. The predicted octanol–water partition coefficient (Wildman–Crippen LogP) is 3.10. The molecular formula is C13H13F3O2. The molecule has 1 heterocycles. The Labute approximate surface area is 103 Å². The lowest BCUT2D eigenvalue weighted by molar-refractivity contribution is 0.0685. The molecule has 5 heteroatoms. The number of hydrogen-bond donors (Lipinski definition) is 0. The van der Waals surface area contributed by atoms with Crippen LogP contribution in [0.4, 0.5) is 13.2 Å². The van der Waals surface area contributed by atoms with Crippen LogP contribution in [0.2, 0.25) is 0 Å². The van der Waals surface area contributed by atoms with Crippen LogP contribution in [0.15, 0.2) is 12.1 Å². The zero-order chi connectivity index (χ0) is 13.3. The summed E-state index contributed by atoms with van der Waals surface area (Å²) in [6.45, 7) is 2.29. The van der Waals surface area contributed by atoms with Crippen LogP contribution in [0.1, 0.15) is 30.1 Å². The highest BCUT2D eigenvalue weighted by atomic mass is 19.2. The molecule has 2 atom stereocenters. The third kappa shape index (κ3) is 2.14. The maximum atomic E-state index is 13.5. The smallest absolute Gasteiger partial charge is 0.195 e. The van der Waals surface area contributed by atoms with Crippen LogP contribution in [-0.4, -0.2) is 18.5 Å². The molecule has 2 rings (SSSR count). The Morgan fingerprint density at radius 3 is 2.72 bits per heavy atom. The average Bonchev–Trinajstić information content (AvgIpc) is 2.83. The molecule has 1 aromatic rings. The van der Waals surface area contributed by atoms with Crippen LogP contribution < -0.4 is 0 Å². The van der Waals surface area contributed by atoms with Gasteiger partial charge in [-0.15, -0.1) is 0 Å². The largest absolute Gasteiger partial charge is 0.377 e. The molecule has 1 aromatic carbocycles. The van der Waals surface area contributed by atoms with Crippen LogP contribution in [0.25, 0.3) is 0 Å². The first-order chi connectivity index (χ1) is 8.56. The number of carbonyl (C=O) groups is 1. The quantitative estimate of drug-likeness (QED) is 0.615. The minimum atomic E-state index is -1.60. The van der Waals surface area contributed by atoms with Crippen LogP contribution in [-0.2, 0) is 4.74 Å². The van der Waals surface area contributed by atoms with E-state index in [4.69, 9.17) is 4.74 Å². The van der Waals surface area contributed by atoms with E-state index in [9.17, 15) is 18.0 Å². The van der Waals surface area contributed by atoms with Gasteiger partial charge in [-0.25, -0.2) is 13.2 Å². The monoisotopic (exact) mass is 258 g/mol. The molecular weight excluding hydrogens is 245 g/mol. The van der Waals surface area contributed by atoms with E-state index in [0.29, 0.717) is 19.4 Å². The Morgan fingerprint density at radius 2 is 2.06 bits per heavy atom. The second-order valence-electron chi connectivity index (χ2n) is 4.30. The molecule has 1 aliphatic rings. The summed E-state index contributed by atoms with van der Waals surface area (Å²) < 4.78 is 44.7. The van der Waals surface area contributed by atoms with E-state index >= 15 is 0 Å². The number of Topliss-reactive ketones (excluding diaryl/α,β-unsaturated/α-hetero) is 1. The van der Waals surface area contributed by atoms with E-state index < -0.39 is 34.7 Å². The molecule has 18 heavy (non-hydrogen) atoms. The molecule has 0 amide bonds. The van der Waals surface area contributed by atoms with Crippen LogP contribution in [0.5, 0.6) is 0 Å². The van der Waals surface area contributed by atoms with Crippen molar-refractivity contribution in [2.45, 2.75) is 25.9 Å². The zero-order valence-corrected chi connectivity index (χ0v) is 9.88. The summed E-state index contributed by atoms with van der Waals surface area (Å²) in [5.41, 5.74) is -0.400. The Kier molecular flexibility index (Phi) is 3.71. The highest BCUT2D eigenvalue weighted by Crippen LogP contribution is 2.28.